The van der Waals surface area contributed by atoms with E-state index in [0.29, 0.717) is 5.56 Å². The maximum atomic E-state index is 12.6. The van der Waals surface area contributed by atoms with Crippen molar-refractivity contribution in [3.63, 3.8) is 0 Å². The number of alkyl halides is 3. The molecular weight excluding hydrogens is 265 g/mol. The van der Waals surface area contributed by atoms with Gasteiger partial charge in [-0.1, -0.05) is 49.5 Å². The molecule has 0 radical (unpaired) electrons. The number of hydrogen-bond acceptors (Lipinski definition) is 0. The third kappa shape index (κ3) is 6.49. The van der Waals surface area contributed by atoms with Gasteiger partial charge in [0.05, 0.1) is 12.3 Å². The van der Waals surface area contributed by atoms with Crippen LogP contribution >= 0.6 is 0 Å². The largest absolute Gasteiger partial charge is 0.390 e. The molecule has 0 N–H and O–H groups in total. The Kier molecular flexibility index (Phi) is 4.86. The average Bonchev–Trinajstić information content (AvgIpc) is 2.23. The van der Waals surface area contributed by atoms with Crippen LogP contribution in [0.15, 0.2) is 24.3 Å². The molecular formula is C15H19F3Si. The SMILES string of the molecule is Cc1ccc([C@@H](C#C[Si](C)(C)C)CC(F)(F)F)cc1. The van der Waals surface area contributed by atoms with Crippen LogP contribution in [0.25, 0.3) is 0 Å². The lowest BCUT2D eigenvalue weighted by molar-refractivity contribution is -0.136. The summed E-state index contributed by atoms with van der Waals surface area (Å²) in [7, 11) is -1.67. The summed E-state index contributed by atoms with van der Waals surface area (Å²) in [5, 5.41) is 0. The van der Waals surface area contributed by atoms with E-state index in [1.165, 1.54) is 0 Å². The van der Waals surface area contributed by atoms with Crippen molar-refractivity contribution >= 4 is 8.07 Å². The lowest BCUT2D eigenvalue weighted by Crippen LogP contribution is -2.18. The molecule has 0 spiro atoms. The van der Waals surface area contributed by atoms with Gasteiger partial charge in [-0.15, -0.1) is 11.5 Å². The van der Waals surface area contributed by atoms with E-state index in [4.69, 9.17) is 0 Å². The Bertz CT molecular complexity index is 469. The van der Waals surface area contributed by atoms with Gasteiger partial charge < -0.3 is 0 Å². The topological polar surface area (TPSA) is 0 Å². The number of hydrogen-bond donors (Lipinski definition) is 0. The van der Waals surface area contributed by atoms with Crippen molar-refractivity contribution in [3.05, 3.63) is 35.4 Å². The molecule has 1 aromatic rings. The van der Waals surface area contributed by atoms with Crippen molar-refractivity contribution in [1.29, 1.82) is 0 Å². The number of aryl methyl sites for hydroxylation is 1. The standard InChI is InChI=1S/C15H19F3Si/c1-12-5-7-13(8-6-12)14(11-15(16,17)18)9-10-19(2,3)4/h5-8,14H,11H2,1-4H3/t14-/m0/s1. The van der Waals surface area contributed by atoms with Crippen LogP contribution in [0.3, 0.4) is 0 Å². The minimum absolute atomic E-state index is 0.647. The summed E-state index contributed by atoms with van der Waals surface area (Å²) in [5.74, 6) is 2.09. The van der Waals surface area contributed by atoms with E-state index in [2.05, 4.69) is 11.5 Å². The first kappa shape index (κ1) is 15.8. The van der Waals surface area contributed by atoms with Crippen molar-refractivity contribution in [2.45, 2.75) is 45.1 Å². The Labute approximate surface area is 114 Å². The number of halogens is 3. The highest BCUT2D eigenvalue weighted by molar-refractivity contribution is 6.83. The summed E-state index contributed by atoms with van der Waals surface area (Å²) in [4.78, 5) is 0. The molecule has 0 aliphatic rings. The molecule has 0 unspecified atom stereocenters. The lowest BCUT2D eigenvalue weighted by Gasteiger charge is -2.15. The summed E-state index contributed by atoms with van der Waals surface area (Å²) >= 11 is 0. The Morgan fingerprint density at radius 3 is 2.05 bits per heavy atom. The quantitative estimate of drug-likeness (QED) is 0.534. The summed E-state index contributed by atoms with van der Waals surface area (Å²) < 4.78 is 37.9. The molecule has 0 bridgehead atoms. The van der Waals surface area contributed by atoms with E-state index in [0.717, 1.165) is 5.56 Å². The zero-order valence-corrected chi connectivity index (χ0v) is 12.7. The molecule has 0 fully saturated rings. The molecule has 0 aromatic heterocycles. The molecule has 19 heavy (non-hydrogen) atoms. The van der Waals surface area contributed by atoms with Crippen molar-refractivity contribution in [3.8, 4) is 11.5 Å². The van der Waals surface area contributed by atoms with Crippen molar-refractivity contribution in [2.75, 3.05) is 0 Å². The minimum atomic E-state index is -4.19. The molecule has 4 heteroatoms. The first-order chi connectivity index (χ1) is 8.57. The van der Waals surface area contributed by atoms with Gasteiger partial charge in [0.15, 0.2) is 0 Å². The molecule has 0 aliphatic heterocycles. The van der Waals surface area contributed by atoms with Crippen LogP contribution in [0.4, 0.5) is 13.2 Å². The van der Waals surface area contributed by atoms with E-state index in [1.807, 2.05) is 38.7 Å². The fourth-order valence-electron chi connectivity index (χ4n) is 1.59. The molecule has 0 aliphatic carbocycles. The van der Waals surface area contributed by atoms with Crippen molar-refractivity contribution in [2.24, 2.45) is 0 Å². The molecule has 0 saturated carbocycles. The van der Waals surface area contributed by atoms with Crippen LogP contribution in [-0.2, 0) is 0 Å². The predicted octanol–water partition coefficient (Wildman–Crippen LogP) is 4.91. The monoisotopic (exact) mass is 284 g/mol. The molecule has 1 aromatic carbocycles. The molecule has 1 rings (SSSR count). The fourth-order valence-corrected chi connectivity index (χ4v) is 2.19. The van der Waals surface area contributed by atoms with Crippen molar-refractivity contribution < 1.29 is 13.2 Å². The minimum Gasteiger partial charge on any atom is -0.171 e. The molecule has 0 amide bonds. The Morgan fingerprint density at radius 2 is 1.63 bits per heavy atom. The maximum absolute atomic E-state index is 12.6. The fraction of sp³-hybridized carbons (Fsp3) is 0.467. The highest BCUT2D eigenvalue weighted by Gasteiger charge is 2.32. The number of rotatable bonds is 2. The molecule has 0 heterocycles. The first-order valence-corrected chi connectivity index (χ1v) is 9.73. The van der Waals surface area contributed by atoms with Gasteiger partial charge in [-0.3, -0.25) is 0 Å². The second kappa shape index (κ2) is 5.83. The van der Waals surface area contributed by atoms with Gasteiger partial charge in [0, 0.05) is 0 Å². The third-order valence-electron chi connectivity index (χ3n) is 2.54. The van der Waals surface area contributed by atoms with Gasteiger partial charge in [-0.25, -0.2) is 0 Å². The van der Waals surface area contributed by atoms with Gasteiger partial charge in [0.25, 0.3) is 0 Å². The van der Waals surface area contributed by atoms with E-state index < -0.39 is 26.6 Å². The summed E-state index contributed by atoms with van der Waals surface area (Å²) in [6.45, 7) is 8.00. The van der Waals surface area contributed by atoms with Crippen LogP contribution in [0.1, 0.15) is 23.5 Å². The zero-order valence-electron chi connectivity index (χ0n) is 11.7. The second-order valence-electron chi connectivity index (χ2n) is 5.80. The molecule has 0 nitrogen and oxygen atoms in total. The molecule has 1 atom stereocenters. The normalized spacial score (nSPS) is 13.6. The lowest BCUT2D eigenvalue weighted by atomic mass is 9.95. The van der Waals surface area contributed by atoms with Gasteiger partial charge in [0.1, 0.15) is 8.07 Å². The third-order valence-corrected chi connectivity index (χ3v) is 3.43. The van der Waals surface area contributed by atoms with E-state index in [-0.39, 0.29) is 0 Å². The number of benzene rings is 1. The van der Waals surface area contributed by atoms with E-state index in [1.54, 1.807) is 12.1 Å². The van der Waals surface area contributed by atoms with Crippen LogP contribution < -0.4 is 0 Å². The zero-order chi connectivity index (χ0) is 14.7. The Balaban J connectivity index is 3.04. The van der Waals surface area contributed by atoms with Crippen LogP contribution in [0.5, 0.6) is 0 Å². The Morgan fingerprint density at radius 1 is 1.11 bits per heavy atom. The first-order valence-electron chi connectivity index (χ1n) is 6.23. The highest BCUT2D eigenvalue weighted by atomic mass is 28.3. The van der Waals surface area contributed by atoms with Crippen molar-refractivity contribution in [1.82, 2.24) is 0 Å². The summed E-state index contributed by atoms with van der Waals surface area (Å²) in [5.41, 5.74) is 4.73. The van der Waals surface area contributed by atoms with Gasteiger partial charge in [-0.2, -0.15) is 13.2 Å². The Hall–Kier alpha value is -1.21. The maximum Gasteiger partial charge on any atom is 0.390 e. The molecule has 0 saturated heterocycles. The predicted molar refractivity (Wildman–Crippen MR) is 75.7 cm³/mol. The average molecular weight is 284 g/mol. The smallest absolute Gasteiger partial charge is 0.171 e. The van der Waals surface area contributed by atoms with Gasteiger partial charge in [0.2, 0.25) is 0 Å². The summed E-state index contributed by atoms with van der Waals surface area (Å²) in [6, 6.07) is 7.14. The van der Waals surface area contributed by atoms with E-state index in [9.17, 15) is 13.2 Å². The van der Waals surface area contributed by atoms with Crippen LogP contribution in [0.2, 0.25) is 19.6 Å². The highest BCUT2D eigenvalue weighted by Crippen LogP contribution is 2.31. The van der Waals surface area contributed by atoms with E-state index >= 15 is 0 Å². The summed E-state index contributed by atoms with van der Waals surface area (Å²) in [6.07, 6.45) is -5.07. The van der Waals surface area contributed by atoms with Crippen LogP contribution in [-0.4, -0.2) is 14.3 Å². The second-order valence-corrected chi connectivity index (χ2v) is 10.6. The van der Waals surface area contributed by atoms with Gasteiger partial charge in [-0.05, 0) is 12.5 Å². The molecule has 104 valence electrons. The van der Waals surface area contributed by atoms with Gasteiger partial charge >= 0.3 is 6.18 Å². The van der Waals surface area contributed by atoms with Crippen LogP contribution in [0, 0.1) is 18.4 Å².